The third-order valence-electron chi connectivity index (χ3n) is 0.607. The summed E-state index contributed by atoms with van der Waals surface area (Å²) in [5.74, 6) is 0. The Bertz CT molecular complexity index is 226. The van der Waals surface area contributed by atoms with Crippen LogP contribution in [0.15, 0.2) is 30.6 Å². The molecule has 0 fully saturated rings. The zero-order chi connectivity index (χ0) is 9.82. The van der Waals surface area contributed by atoms with E-state index in [-0.39, 0.29) is 0 Å². The van der Waals surface area contributed by atoms with E-state index in [0.29, 0.717) is 0 Å². The van der Waals surface area contributed by atoms with Crippen LogP contribution in [-0.4, -0.2) is 0 Å². The first kappa shape index (κ1) is 13.9. The van der Waals surface area contributed by atoms with Gasteiger partial charge in [0.15, 0.2) is 12.4 Å². The number of H-pyrrole nitrogens is 1. The quantitative estimate of drug-likeness (QED) is 0.610. The maximum atomic E-state index is 8.54. The van der Waals surface area contributed by atoms with Gasteiger partial charge in [-0.1, -0.05) is 6.07 Å². The van der Waals surface area contributed by atoms with Gasteiger partial charge in [0.2, 0.25) is 0 Å². The molecule has 7 heteroatoms. The third-order valence-corrected chi connectivity index (χ3v) is 0.607. The number of aromatic nitrogens is 1. The van der Waals surface area contributed by atoms with E-state index >= 15 is 0 Å². The molecule has 0 radical (unpaired) electrons. The average molecular weight is 232 g/mol. The molecule has 0 amide bonds. The maximum Gasteiger partial charge on any atom is 0.166 e. The molecule has 0 aliphatic carbocycles. The summed E-state index contributed by atoms with van der Waals surface area (Å²) < 4.78 is 33.3. The van der Waals surface area contributed by atoms with Gasteiger partial charge in [0.25, 0.3) is 0 Å². The van der Waals surface area contributed by atoms with Crippen LogP contribution in [0.5, 0.6) is 0 Å². The Balaban J connectivity index is 0. The summed E-state index contributed by atoms with van der Waals surface area (Å²) in [4.78, 5) is 2.89. The second-order valence-corrected chi connectivity index (χ2v) is 1.92. The molecule has 68 valence electrons. The van der Waals surface area contributed by atoms with Gasteiger partial charge in [-0.2, -0.15) is 0 Å². The predicted molar refractivity (Wildman–Crippen MR) is 30.9 cm³/mol. The molecule has 0 saturated heterocycles. The minimum absolute atomic E-state index is 1.88. The van der Waals surface area contributed by atoms with Crippen LogP contribution in [0.4, 0.5) is 0 Å². The summed E-state index contributed by atoms with van der Waals surface area (Å²) in [7, 11) is 0. The van der Waals surface area contributed by atoms with Gasteiger partial charge in [-0.05, 0) is 0 Å². The maximum absolute atomic E-state index is 8.54. The summed E-state index contributed by atoms with van der Waals surface area (Å²) in [5.41, 5.74) is 0. The topological polar surface area (TPSA) is 88.4 Å². The number of nitrogens with one attached hydrogen (secondary N) is 1. The second-order valence-electron chi connectivity index (χ2n) is 1.28. The van der Waals surface area contributed by atoms with Crippen LogP contribution in [0.2, 0.25) is 0 Å². The molecule has 0 unspecified atom stereocenters. The summed E-state index contributed by atoms with van der Waals surface area (Å²) in [6, 6.07) is 5.86. The van der Waals surface area contributed by atoms with Crippen molar-refractivity contribution in [3.8, 4) is 0 Å². The Morgan fingerprint density at radius 1 is 1.00 bits per heavy atom. The van der Waals surface area contributed by atoms with Crippen molar-refractivity contribution in [3.05, 3.63) is 30.6 Å². The Kier molecular flexibility index (Phi) is 15.0. The molecule has 0 aliphatic heterocycles. The van der Waals surface area contributed by atoms with E-state index in [1.54, 1.807) is 0 Å². The van der Waals surface area contributed by atoms with Crippen molar-refractivity contribution >= 4 is 11.9 Å². The van der Waals surface area contributed by atoms with E-state index < -0.39 is 14.0 Å². The van der Waals surface area contributed by atoms with Crippen molar-refractivity contribution in [1.82, 2.24) is 0 Å². The summed E-state index contributed by atoms with van der Waals surface area (Å²) in [6.07, 6.45) is 3.75. The van der Waals surface area contributed by atoms with Crippen LogP contribution in [0.25, 0.3) is 0 Å². The van der Waals surface area contributed by atoms with Crippen LogP contribution in [0.3, 0.4) is 0 Å². The number of aromatic amines is 1. The van der Waals surface area contributed by atoms with Crippen molar-refractivity contribution in [2.24, 2.45) is 0 Å². The molecule has 0 aromatic carbocycles. The van der Waals surface area contributed by atoms with Gasteiger partial charge < -0.3 is 4.66 Å². The molecule has 0 spiro atoms. The molecule has 1 heterocycles. The molecule has 0 bridgehead atoms. The van der Waals surface area contributed by atoms with E-state index in [1.165, 1.54) is 0 Å². The van der Waals surface area contributed by atoms with Gasteiger partial charge >= 0.3 is 25.4 Å². The van der Waals surface area contributed by atoms with Gasteiger partial charge in [-0.25, -0.2) is 16.9 Å². The van der Waals surface area contributed by atoms with Gasteiger partial charge in [0, 0.05) is 12.1 Å². The minimum Gasteiger partial charge on any atom is -0.218 e. The normalized spacial score (nSPS) is 6.50. The number of rotatable bonds is 0. The standard InChI is InChI=1S/C5H5N.ClO.Cr.3O/c1-2-4-6-5-3-1;1-2;;;;/h1-5H;;;;;/q;-1;;;;/p+1. The molecule has 0 saturated carbocycles. The van der Waals surface area contributed by atoms with Crippen molar-refractivity contribution in [3.63, 3.8) is 0 Å². The second kappa shape index (κ2) is 13.0. The fourth-order valence-corrected chi connectivity index (χ4v) is 0.342. The summed E-state index contributed by atoms with van der Waals surface area (Å²) in [6.45, 7) is 0. The molecule has 1 aromatic heterocycles. The Morgan fingerprint density at radius 3 is 1.42 bits per heavy atom. The molecular formula is C5H6ClCrNO4. The summed E-state index contributed by atoms with van der Waals surface area (Å²) >= 11 is -0.403. The minimum atomic E-state index is -3.79. The van der Waals surface area contributed by atoms with E-state index in [2.05, 4.69) is 16.9 Å². The first-order valence-corrected chi connectivity index (χ1v) is 4.44. The molecule has 0 atom stereocenters. The van der Waals surface area contributed by atoms with Crippen LogP contribution < -0.4 is 9.64 Å². The van der Waals surface area contributed by atoms with Crippen LogP contribution in [0.1, 0.15) is 0 Å². The van der Waals surface area contributed by atoms with E-state index in [1.807, 2.05) is 30.6 Å². The molecular weight excluding hydrogens is 226 g/mol. The van der Waals surface area contributed by atoms with Crippen molar-refractivity contribution < 1.29 is 35.0 Å². The van der Waals surface area contributed by atoms with E-state index in [9.17, 15) is 0 Å². The zero-order valence-electron chi connectivity index (χ0n) is 5.81. The number of hydrogen-bond donors (Lipinski definition) is 0. The van der Waals surface area contributed by atoms with Crippen LogP contribution in [0, 0.1) is 0 Å². The third kappa shape index (κ3) is 22.8. The zero-order valence-corrected chi connectivity index (χ0v) is 7.84. The van der Waals surface area contributed by atoms with Crippen LogP contribution in [-0.2, 0) is 25.4 Å². The molecule has 1 rings (SSSR count). The monoisotopic (exact) mass is 231 g/mol. The molecule has 5 nitrogen and oxygen atoms in total. The smallest absolute Gasteiger partial charge is 0.166 e. The van der Waals surface area contributed by atoms with Gasteiger partial charge in [-0.3, -0.25) is 0 Å². The van der Waals surface area contributed by atoms with Crippen molar-refractivity contribution in [2.45, 2.75) is 0 Å². The Hall–Kier alpha value is -0.668. The predicted octanol–water partition coefficient (Wildman–Crippen LogP) is -0.358. The fraction of sp³-hybridized carbons (Fsp3) is 0. The first-order valence-electron chi connectivity index (χ1n) is 2.56. The number of pyridine rings is 1. The van der Waals surface area contributed by atoms with Gasteiger partial charge in [0.05, 0.1) is 0 Å². The molecule has 12 heavy (non-hydrogen) atoms. The molecule has 1 N–H and O–H groups in total. The Labute approximate surface area is 77.8 Å². The van der Waals surface area contributed by atoms with Gasteiger partial charge in [-0.15, -0.1) is 0 Å². The largest absolute Gasteiger partial charge is 0.218 e. The van der Waals surface area contributed by atoms with Crippen LogP contribution >= 0.6 is 11.9 Å². The van der Waals surface area contributed by atoms with Crippen molar-refractivity contribution in [1.29, 1.82) is 0 Å². The van der Waals surface area contributed by atoms with E-state index in [0.717, 1.165) is 0 Å². The first-order chi connectivity index (χ1) is 5.73. The van der Waals surface area contributed by atoms with Crippen molar-refractivity contribution in [2.75, 3.05) is 0 Å². The number of hydrogen-bond acceptors (Lipinski definition) is 4. The average Bonchev–Trinajstić information content (AvgIpc) is 2.10. The number of halogens is 1. The summed E-state index contributed by atoms with van der Waals surface area (Å²) in [5, 5.41) is 0. The molecule has 0 aliphatic rings. The fourth-order valence-electron chi connectivity index (χ4n) is 0.342. The molecule has 1 aromatic rings. The van der Waals surface area contributed by atoms with E-state index in [4.69, 9.17) is 16.1 Å². The van der Waals surface area contributed by atoms with Gasteiger partial charge in [0.1, 0.15) is 0 Å². The Morgan fingerprint density at radius 2 is 1.33 bits per heavy atom. The SMILES string of the molecule is [O-]Cl.[O]=[Cr](=[O])=[O].c1cc[nH+]cc1.